The van der Waals surface area contributed by atoms with Crippen LogP contribution in [-0.4, -0.2) is 12.5 Å². The molecule has 2 heteroatoms. The molecular formula is C36H33ClS. The van der Waals surface area contributed by atoms with Crippen molar-refractivity contribution in [1.82, 2.24) is 0 Å². The molecule has 4 bridgehead atoms. The molecule has 4 fully saturated rings. The number of fused-ring (bicyclic) bond motifs is 6. The minimum Gasteiger partial charge on any atom is -0.192 e. The monoisotopic (exact) mass is 532 g/mol. The molecule has 1 aliphatic heterocycles. The van der Waals surface area contributed by atoms with Crippen LogP contribution < -0.4 is 0 Å². The van der Waals surface area contributed by atoms with Crippen molar-refractivity contribution < 1.29 is 0 Å². The Balaban J connectivity index is 1.25. The molecule has 4 aromatic rings. The summed E-state index contributed by atoms with van der Waals surface area (Å²) in [7, 11) is -1.01. The average Bonchev–Trinajstić information content (AvgIpc) is 3.34. The molecule has 0 nitrogen and oxygen atoms in total. The summed E-state index contributed by atoms with van der Waals surface area (Å²) in [5, 5.41) is 0.933. The van der Waals surface area contributed by atoms with Crippen molar-refractivity contribution in [3.8, 4) is 33.4 Å². The Labute approximate surface area is 232 Å². The van der Waals surface area contributed by atoms with E-state index in [4.69, 9.17) is 11.6 Å². The lowest BCUT2D eigenvalue weighted by Gasteiger charge is -2.61. The van der Waals surface area contributed by atoms with Crippen molar-refractivity contribution in [2.45, 2.75) is 47.3 Å². The van der Waals surface area contributed by atoms with Crippen molar-refractivity contribution in [3.63, 3.8) is 0 Å². The molecule has 190 valence electrons. The van der Waals surface area contributed by atoms with Gasteiger partial charge in [-0.1, -0.05) is 66.2 Å². The first-order valence-electron chi connectivity index (χ1n) is 14.4. The highest BCUT2D eigenvalue weighted by molar-refractivity contribution is 8.33. The van der Waals surface area contributed by atoms with Gasteiger partial charge in [0.2, 0.25) is 0 Å². The topological polar surface area (TPSA) is 0 Å². The van der Waals surface area contributed by atoms with E-state index in [9.17, 15) is 0 Å². The van der Waals surface area contributed by atoms with Crippen LogP contribution in [0.3, 0.4) is 0 Å². The minimum atomic E-state index is -1.01. The second-order valence-electron chi connectivity index (χ2n) is 13.1. The van der Waals surface area contributed by atoms with E-state index in [1.54, 1.807) is 11.1 Å². The lowest BCUT2D eigenvalue weighted by atomic mass is 9.43. The maximum absolute atomic E-state index is 6.99. The first kappa shape index (κ1) is 22.3. The van der Waals surface area contributed by atoms with Crippen LogP contribution in [0, 0.1) is 23.7 Å². The van der Waals surface area contributed by atoms with Crippen molar-refractivity contribution in [2.24, 2.45) is 23.7 Å². The highest BCUT2D eigenvalue weighted by atomic mass is 35.5. The smallest absolute Gasteiger partial charge is 0.0487 e. The highest BCUT2D eigenvalue weighted by Crippen LogP contribution is 2.71. The zero-order chi connectivity index (χ0) is 25.4. The lowest BCUT2D eigenvalue weighted by Crippen LogP contribution is -2.55. The third-order valence-corrected chi connectivity index (χ3v) is 14.4. The van der Waals surface area contributed by atoms with Gasteiger partial charge in [-0.05, 0) is 131 Å². The third kappa shape index (κ3) is 2.61. The molecule has 0 atom stereocenters. The Hall–Kier alpha value is -2.48. The van der Waals surface area contributed by atoms with Crippen LogP contribution in [0.15, 0.2) is 88.7 Å². The van der Waals surface area contributed by atoms with Gasteiger partial charge in [-0.3, -0.25) is 0 Å². The maximum Gasteiger partial charge on any atom is 0.0487 e. The van der Waals surface area contributed by atoms with Crippen molar-refractivity contribution in [2.75, 3.05) is 12.5 Å². The molecule has 0 radical (unpaired) electrons. The van der Waals surface area contributed by atoms with E-state index in [-0.39, 0.29) is 5.41 Å². The number of halogens is 1. The van der Waals surface area contributed by atoms with Gasteiger partial charge in [-0.2, -0.15) is 10.0 Å². The van der Waals surface area contributed by atoms with Gasteiger partial charge >= 0.3 is 0 Å². The fourth-order valence-electron chi connectivity index (χ4n) is 9.98. The van der Waals surface area contributed by atoms with E-state index in [0.29, 0.717) is 0 Å². The molecule has 0 amide bonds. The standard InChI is InChI=1S/C36H33ClS/c1-38(2)33-9-4-3-6-27(33)28-12-10-24(20-34(28)38)23-11-13-29-31(19-23)36(30-7-5-8-32(37)35(29)30)25-15-21-14-22(17-25)18-26(36)16-21/h3-13,19-22,25-26H,14-18H2,1-2H3. The molecule has 0 N–H and O–H groups in total. The van der Waals surface area contributed by atoms with Crippen molar-refractivity contribution >= 4 is 21.6 Å². The Bertz CT molecular complexity index is 1650. The summed E-state index contributed by atoms with van der Waals surface area (Å²) in [6.07, 6.45) is 12.0. The van der Waals surface area contributed by atoms with Crippen LogP contribution >= 0.6 is 21.6 Å². The summed E-state index contributed by atoms with van der Waals surface area (Å²) in [6.45, 7) is 0. The summed E-state index contributed by atoms with van der Waals surface area (Å²) in [5.74, 6) is 3.40. The van der Waals surface area contributed by atoms with E-state index >= 15 is 0 Å². The molecule has 1 spiro atoms. The Morgan fingerprint density at radius 2 is 1.29 bits per heavy atom. The zero-order valence-electron chi connectivity index (χ0n) is 22.1. The van der Waals surface area contributed by atoms with Gasteiger partial charge in [0.15, 0.2) is 0 Å². The molecule has 10 rings (SSSR count). The Morgan fingerprint density at radius 1 is 0.632 bits per heavy atom. The van der Waals surface area contributed by atoms with Gasteiger partial charge in [0.05, 0.1) is 0 Å². The fourth-order valence-corrected chi connectivity index (χ4v) is 12.8. The van der Waals surface area contributed by atoms with Crippen LogP contribution in [-0.2, 0) is 5.41 Å². The van der Waals surface area contributed by atoms with Gasteiger partial charge in [-0.15, -0.1) is 0 Å². The first-order valence-corrected chi connectivity index (χ1v) is 17.2. The van der Waals surface area contributed by atoms with Crippen LogP contribution in [0.1, 0.15) is 43.2 Å². The SMILES string of the molecule is CS1(C)c2ccccc2-c2ccc(-c3ccc4c(c3)C3(c5cccc(Cl)c5-4)C4CC5CC(C4)CC3C5)cc21. The third-order valence-electron chi connectivity index (χ3n) is 11.2. The van der Waals surface area contributed by atoms with Crippen molar-refractivity contribution in [3.05, 3.63) is 95.0 Å². The van der Waals surface area contributed by atoms with Gasteiger partial charge in [0.25, 0.3) is 0 Å². The normalized spacial score (nSPS) is 31.1. The summed E-state index contributed by atoms with van der Waals surface area (Å²) in [4.78, 5) is 3.06. The molecular weight excluding hydrogens is 500 g/mol. The van der Waals surface area contributed by atoms with E-state index in [1.165, 1.54) is 75.3 Å². The predicted octanol–water partition coefficient (Wildman–Crippen LogP) is 10.2. The van der Waals surface area contributed by atoms with Gasteiger partial charge in [-0.25, -0.2) is 0 Å². The van der Waals surface area contributed by atoms with Crippen LogP contribution in [0.25, 0.3) is 33.4 Å². The summed E-state index contributed by atoms with van der Waals surface area (Å²) in [5.41, 5.74) is 11.6. The van der Waals surface area contributed by atoms with E-state index in [1.807, 2.05) is 0 Å². The lowest BCUT2D eigenvalue weighted by molar-refractivity contribution is -0.0399. The molecule has 4 aromatic carbocycles. The predicted molar refractivity (Wildman–Crippen MR) is 162 cm³/mol. The number of benzene rings is 4. The van der Waals surface area contributed by atoms with Gasteiger partial charge in [0.1, 0.15) is 0 Å². The molecule has 0 unspecified atom stereocenters. The molecule has 0 saturated heterocycles. The second-order valence-corrected chi connectivity index (χ2v) is 17.1. The van der Waals surface area contributed by atoms with E-state index < -0.39 is 10.0 Å². The second kappa shape index (κ2) is 7.38. The maximum atomic E-state index is 6.99. The van der Waals surface area contributed by atoms with Crippen LogP contribution in [0.2, 0.25) is 5.02 Å². The highest BCUT2D eigenvalue weighted by Gasteiger charge is 2.61. The number of hydrogen-bond acceptors (Lipinski definition) is 0. The van der Waals surface area contributed by atoms with Crippen LogP contribution in [0.5, 0.6) is 0 Å². The summed E-state index contributed by atoms with van der Waals surface area (Å²) < 4.78 is 0. The van der Waals surface area contributed by atoms with Gasteiger partial charge < -0.3 is 0 Å². The number of rotatable bonds is 1. The van der Waals surface area contributed by atoms with Crippen LogP contribution in [0.4, 0.5) is 0 Å². The largest absolute Gasteiger partial charge is 0.192 e. The average molecular weight is 533 g/mol. The molecule has 0 aromatic heterocycles. The molecule has 5 aliphatic carbocycles. The molecule has 1 heterocycles. The Kier molecular flexibility index (Phi) is 4.34. The van der Waals surface area contributed by atoms with E-state index in [0.717, 1.165) is 28.7 Å². The zero-order valence-corrected chi connectivity index (χ0v) is 23.7. The minimum absolute atomic E-state index is 0.149. The van der Waals surface area contributed by atoms with Gasteiger partial charge in [0, 0.05) is 25.8 Å². The summed E-state index contributed by atoms with van der Waals surface area (Å²) >= 11 is 6.99. The fraction of sp³-hybridized carbons (Fsp3) is 0.333. The first-order chi connectivity index (χ1) is 18.5. The quantitative estimate of drug-likeness (QED) is 0.229. The number of hydrogen-bond donors (Lipinski definition) is 0. The Morgan fingerprint density at radius 3 is 2.05 bits per heavy atom. The summed E-state index contributed by atoms with van der Waals surface area (Å²) in [6, 6.07) is 30.5. The molecule has 38 heavy (non-hydrogen) atoms. The van der Waals surface area contributed by atoms with Crippen molar-refractivity contribution in [1.29, 1.82) is 0 Å². The molecule has 6 aliphatic rings. The van der Waals surface area contributed by atoms with E-state index in [2.05, 4.69) is 91.4 Å². The molecule has 4 saturated carbocycles.